The van der Waals surface area contributed by atoms with Crippen molar-refractivity contribution in [1.82, 2.24) is 0 Å². The number of carbonyl (C=O) groups excluding carboxylic acids is 1. The summed E-state index contributed by atoms with van der Waals surface area (Å²) in [6, 6.07) is 3.97. The van der Waals surface area contributed by atoms with Gasteiger partial charge in [-0.25, -0.2) is 0 Å². The van der Waals surface area contributed by atoms with Gasteiger partial charge < -0.3 is 9.84 Å². The fourth-order valence-corrected chi connectivity index (χ4v) is 1.08. The van der Waals surface area contributed by atoms with Crippen LogP contribution in [-0.2, 0) is 0 Å². The third-order valence-corrected chi connectivity index (χ3v) is 1.78. The first kappa shape index (κ1) is 11.0. The number of phenols is 1. The van der Waals surface area contributed by atoms with Gasteiger partial charge in [0.1, 0.15) is 11.5 Å². The van der Waals surface area contributed by atoms with Crippen molar-refractivity contribution in [3.8, 4) is 11.5 Å². The van der Waals surface area contributed by atoms with Crippen LogP contribution in [-0.4, -0.2) is 29.5 Å². The normalized spacial score (nSPS) is 9.67. The minimum atomic E-state index is -0.833. The highest BCUT2D eigenvalue weighted by atomic mass is 16.6. The molecule has 0 amide bonds. The highest BCUT2D eigenvalue weighted by Crippen LogP contribution is 2.23. The van der Waals surface area contributed by atoms with Gasteiger partial charge in [-0.2, -0.15) is 0 Å². The van der Waals surface area contributed by atoms with Crippen LogP contribution in [0.3, 0.4) is 0 Å². The first-order chi connectivity index (χ1) is 7.04. The van der Waals surface area contributed by atoms with Crippen molar-refractivity contribution < 1.29 is 19.6 Å². The van der Waals surface area contributed by atoms with Gasteiger partial charge in [-0.05, 0) is 12.1 Å². The Kier molecular flexibility index (Phi) is 3.22. The van der Waals surface area contributed by atoms with Crippen molar-refractivity contribution >= 4 is 5.78 Å². The number of ketones is 1. The van der Waals surface area contributed by atoms with Crippen molar-refractivity contribution in [3.05, 3.63) is 33.9 Å². The van der Waals surface area contributed by atoms with E-state index in [1.165, 1.54) is 25.3 Å². The van der Waals surface area contributed by atoms with E-state index >= 15 is 0 Å². The number of Topliss-reactive ketones (excluding diaryl/α,β-unsaturated/α-hetero) is 1. The molecule has 0 unspecified atom stereocenters. The topological polar surface area (TPSA) is 89.7 Å². The average Bonchev–Trinajstić information content (AvgIpc) is 2.16. The molecule has 0 heterocycles. The van der Waals surface area contributed by atoms with Gasteiger partial charge >= 0.3 is 0 Å². The number of hydrogen-bond acceptors (Lipinski definition) is 5. The number of nitro groups is 1. The van der Waals surface area contributed by atoms with Crippen molar-refractivity contribution in [1.29, 1.82) is 0 Å². The Morgan fingerprint density at radius 2 is 2.27 bits per heavy atom. The molecule has 0 aliphatic carbocycles. The molecule has 6 nitrogen and oxygen atoms in total. The van der Waals surface area contributed by atoms with E-state index in [1.807, 2.05) is 0 Å². The van der Waals surface area contributed by atoms with E-state index in [1.54, 1.807) is 0 Å². The molecule has 0 saturated heterocycles. The van der Waals surface area contributed by atoms with E-state index < -0.39 is 17.3 Å². The Morgan fingerprint density at radius 3 is 2.73 bits per heavy atom. The Bertz CT molecular complexity index is 401. The molecule has 0 fully saturated rings. The van der Waals surface area contributed by atoms with Crippen LogP contribution in [0.4, 0.5) is 0 Å². The number of carbonyl (C=O) groups is 1. The number of ether oxygens (including phenoxy) is 1. The average molecular weight is 211 g/mol. The number of nitrogens with zero attached hydrogens (tertiary/aromatic N) is 1. The summed E-state index contributed by atoms with van der Waals surface area (Å²) in [5, 5.41) is 19.5. The number of aromatic hydroxyl groups is 1. The Morgan fingerprint density at radius 1 is 1.60 bits per heavy atom. The lowest BCUT2D eigenvalue weighted by Crippen LogP contribution is -2.13. The lowest BCUT2D eigenvalue weighted by atomic mass is 10.1. The first-order valence-electron chi connectivity index (χ1n) is 4.06. The molecule has 1 aromatic rings. The van der Waals surface area contributed by atoms with Crippen molar-refractivity contribution in [3.63, 3.8) is 0 Å². The van der Waals surface area contributed by atoms with E-state index in [-0.39, 0.29) is 11.3 Å². The van der Waals surface area contributed by atoms with Crippen LogP contribution >= 0.6 is 0 Å². The summed E-state index contributed by atoms with van der Waals surface area (Å²) >= 11 is 0. The molecule has 1 aromatic carbocycles. The zero-order valence-electron chi connectivity index (χ0n) is 7.97. The number of rotatable bonds is 4. The lowest BCUT2D eigenvalue weighted by Gasteiger charge is -2.03. The number of hydrogen-bond donors (Lipinski definition) is 1. The first-order valence-corrected chi connectivity index (χ1v) is 4.06. The van der Waals surface area contributed by atoms with Crippen LogP contribution in [0.25, 0.3) is 0 Å². The fourth-order valence-electron chi connectivity index (χ4n) is 1.08. The largest absolute Gasteiger partial charge is 0.507 e. The zero-order chi connectivity index (χ0) is 11.4. The van der Waals surface area contributed by atoms with E-state index in [4.69, 9.17) is 4.74 Å². The molecule has 0 saturated carbocycles. The Balaban J connectivity index is 2.95. The molecule has 0 atom stereocenters. The van der Waals surface area contributed by atoms with Crippen LogP contribution in [0.15, 0.2) is 18.2 Å². The molecule has 80 valence electrons. The summed E-state index contributed by atoms with van der Waals surface area (Å²) < 4.78 is 4.81. The summed E-state index contributed by atoms with van der Waals surface area (Å²) in [7, 11) is 1.41. The van der Waals surface area contributed by atoms with Crippen molar-refractivity contribution in [2.45, 2.75) is 0 Å². The molecule has 0 aliphatic heterocycles. The van der Waals surface area contributed by atoms with Crippen molar-refractivity contribution in [2.75, 3.05) is 13.7 Å². The van der Waals surface area contributed by atoms with Crippen LogP contribution < -0.4 is 4.74 Å². The molecule has 1 N–H and O–H groups in total. The second kappa shape index (κ2) is 4.41. The van der Waals surface area contributed by atoms with Gasteiger partial charge in [0.05, 0.1) is 12.7 Å². The molecule has 0 bridgehead atoms. The maximum Gasteiger partial charge on any atom is 0.265 e. The quantitative estimate of drug-likeness (QED) is 0.453. The van der Waals surface area contributed by atoms with E-state index in [0.29, 0.717) is 5.75 Å². The standard InChI is InChI=1S/C9H9NO5/c1-15-6-2-3-7(8(11)4-6)9(12)5-10(13)14/h2-4,11H,5H2,1H3. The van der Waals surface area contributed by atoms with Gasteiger partial charge in [0, 0.05) is 11.0 Å². The Labute approximate surface area is 85.2 Å². The van der Waals surface area contributed by atoms with Gasteiger partial charge in [-0.3, -0.25) is 14.9 Å². The second-order valence-corrected chi connectivity index (χ2v) is 2.80. The molecular weight excluding hydrogens is 202 g/mol. The molecule has 0 aromatic heterocycles. The molecule has 0 aliphatic rings. The summed E-state index contributed by atoms with van der Waals surface area (Å²) in [6.07, 6.45) is 0. The van der Waals surface area contributed by atoms with Crippen LogP contribution in [0.2, 0.25) is 0 Å². The third-order valence-electron chi connectivity index (χ3n) is 1.78. The van der Waals surface area contributed by atoms with E-state index in [2.05, 4.69) is 0 Å². The summed E-state index contributed by atoms with van der Waals surface area (Å²) in [5.41, 5.74) is -0.0764. The maximum atomic E-state index is 11.2. The van der Waals surface area contributed by atoms with Gasteiger partial charge in [0.15, 0.2) is 0 Å². The molecule has 6 heteroatoms. The molecule has 1 rings (SSSR count). The predicted octanol–water partition coefficient (Wildman–Crippen LogP) is 0.860. The minimum Gasteiger partial charge on any atom is -0.507 e. The summed E-state index contributed by atoms with van der Waals surface area (Å²) in [4.78, 5) is 20.6. The van der Waals surface area contributed by atoms with Crippen LogP contribution in [0, 0.1) is 10.1 Å². The van der Waals surface area contributed by atoms with Gasteiger partial charge in [-0.15, -0.1) is 0 Å². The number of methoxy groups -OCH3 is 1. The molecular formula is C9H9NO5. The zero-order valence-corrected chi connectivity index (χ0v) is 7.97. The number of benzene rings is 1. The van der Waals surface area contributed by atoms with E-state index in [9.17, 15) is 20.0 Å². The van der Waals surface area contributed by atoms with Crippen LogP contribution in [0.1, 0.15) is 10.4 Å². The summed E-state index contributed by atoms with van der Waals surface area (Å²) in [5.74, 6) is -0.675. The molecule has 0 radical (unpaired) electrons. The fraction of sp³-hybridized carbons (Fsp3) is 0.222. The SMILES string of the molecule is COc1ccc(C(=O)C[N+](=O)[O-])c(O)c1. The van der Waals surface area contributed by atoms with Crippen LogP contribution in [0.5, 0.6) is 11.5 Å². The molecule has 15 heavy (non-hydrogen) atoms. The Hall–Kier alpha value is -2.11. The minimum absolute atomic E-state index is 0.0764. The monoisotopic (exact) mass is 211 g/mol. The lowest BCUT2D eigenvalue weighted by molar-refractivity contribution is -0.465. The van der Waals surface area contributed by atoms with Gasteiger partial charge in [-0.1, -0.05) is 0 Å². The predicted molar refractivity (Wildman–Crippen MR) is 50.9 cm³/mol. The van der Waals surface area contributed by atoms with Gasteiger partial charge in [0.25, 0.3) is 6.54 Å². The van der Waals surface area contributed by atoms with E-state index in [0.717, 1.165) is 0 Å². The highest BCUT2D eigenvalue weighted by Gasteiger charge is 2.16. The third kappa shape index (κ3) is 2.67. The molecule has 0 spiro atoms. The number of phenolic OH excluding ortho intramolecular Hbond substituents is 1. The van der Waals surface area contributed by atoms with Crippen molar-refractivity contribution in [2.24, 2.45) is 0 Å². The summed E-state index contributed by atoms with van der Waals surface area (Å²) in [6.45, 7) is -0.833. The maximum absolute atomic E-state index is 11.2. The smallest absolute Gasteiger partial charge is 0.265 e. The highest BCUT2D eigenvalue weighted by molar-refractivity contribution is 5.99. The van der Waals surface area contributed by atoms with Gasteiger partial charge in [0.2, 0.25) is 5.78 Å². The second-order valence-electron chi connectivity index (χ2n) is 2.80.